The molecule has 0 bridgehead atoms. The lowest BCUT2D eigenvalue weighted by molar-refractivity contribution is -0.132. The summed E-state index contributed by atoms with van der Waals surface area (Å²) in [5, 5.41) is 0. The summed E-state index contributed by atoms with van der Waals surface area (Å²) in [6, 6.07) is 4.69. The van der Waals surface area contributed by atoms with E-state index in [0.29, 0.717) is 30.0 Å². The van der Waals surface area contributed by atoms with Crippen LogP contribution in [-0.2, 0) is 4.79 Å². The lowest BCUT2D eigenvalue weighted by atomic mass is 10.1. The van der Waals surface area contributed by atoms with Crippen LogP contribution in [0.1, 0.15) is 23.2 Å². The highest BCUT2D eigenvalue weighted by molar-refractivity contribution is 6.02. The zero-order chi connectivity index (χ0) is 15.6. The average Bonchev–Trinajstić information content (AvgIpc) is 2.95. The second kappa shape index (κ2) is 6.03. The van der Waals surface area contributed by atoms with E-state index in [1.807, 2.05) is 0 Å². The van der Waals surface area contributed by atoms with E-state index in [2.05, 4.69) is 0 Å². The first-order chi connectivity index (χ1) is 9.97. The van der Waals surface area contributed by atoms with E-state index < -0.39 is 6.04 Å². The van der Waals surface area contributed by atoms with Gasteiger partial charge in [-0.15, -0.1) is 0 Å². The number of nitrogen functional groups attached to an aromatic ring is 1. The number of likely N-dealkylation sites (tertiary alicyclic amines) is 1. The fraction of sp³-hybridized carbons (Fsp3) is 0.467. The summed E-state index contributed by atoms with van der Waals surface area (Å²) in [5.74, 6) is 0.196. The molecular formula is C15H21N3O3. The van der Waals surface area contributed by atoms with Gasteiger partial charge in [0.2, 0.25) is 5.91 Å². The number of anilines is 1. The van der Waals surface area contributed by atoms with Gasteiger partial charge in [-0.05, 0) is 25.0 Å². The van der Waals surface area contributed by atoms with Crippen molar-refractivity contribution < 1.29 is 14.3 Å². The van der Waals surface area contributed by atoms with Crippen LogP contribution < -0.4 is 10.5 Å². The van der Waals surface area contributed by atoms with Crippen LogP contribution in [0.2, 0.25) is 0 Å². The number of carbonyl (C=O) groups excluding carboxylic acids is 2. The molecule has 1 fully saturated rings. The maximum Gasteiger partial charge on any atom is 0.256 e. The van der Waals surface area contributed by atoms with Crippen molar-refractivity contribution in [1.29, 1.82) is 0 Å². The third kappa shape index (κ3) is 2.79. The normalized spacial score (nSPS) is 17.7. The topological polar surface area (TPSA) is 75.9 Å². The van der Waals surface area contributed by atoms with Crippen molar-refractivity contribution in [2.45, 2.75) is 18.9 Å². The molecule has 0 radical (unpaired) electrons. The second-order valence-corrected chi connectivity index (χ2v) is 5.31. The van der Waals surface area contributed by atoms with Crippen LogP contribution in [0.4, 0.5) is 5.69 Å². The van der Waals surface area contributed by atoms with Crippen LogP contribution in [0.5, 0.6) is 5.75 Å². The van der Waals surface area contributed by atoms with Crippen molar-refractivity contribution in [2.75, 3.05) is 33.5 Å². The number of para-hydroxylation sites is 1. The maximum absolute atomic E-state index is 12.7. The number of nitrogens with two attached hydrogens (primary N) is 1. The highest BCUT2D eigenvalue weighted by atomic mass is 16.5. The Morgan fingerprint density at radius 2 is 2.10 bits per heavy atom. The molecule has 1 aromatic carbocycles. The Bertz CT molecular complexity index is 557. The Kier molecular flexibility index (Phi) is 4.35. The molecule has 2 amide bonds. The Morgan fingerprint density at radius 3 is 2.71 bits per heavy atom. The summed E-state index contributed by atoms with van der Waals surface area (Å²) in [6.07, 6.45) is 1.51. The monoisotopic (exact) mass is 291 g/mol. The molecule has 0 saturated carbocycles. The minimum atomic E-state index is -0.405. The number of benzene rings is 1. The number of hydrogen-bond donors (Lipinski definition) is 1. The molecule has 1 atom stereocenters. The van der Waals surface area contributed by atoms with Crippen LogP contribution in [0.15, 0.2) is 18.2 Å². The van der Waals surface area contributed by atoms with Gasteiger partial charge in [0.05, 0.1) is 18.4 Å². The minimum Gasteiger partial charge on any atom is -0.495 e. The molecule has 2 N–H and O–H groups in total. The molecule has 1 aromatic rings. The number of hydrogen-bond acceptors (Lipinski definition) is 4. The van der Waals surface area contributed by atoms with Crippen molar-refractivity contribution in [2.24, 2.45) is 0 Å². The molecule has 1 aliphatic rings. The van der Waals surface area contributed by atoms with Crippen molar-refractivity contribution >= 4 is 17.5 Å². The predicted molar refractivity (Wildman–Crippen MR) is 80.2 cm³/mol. The summed E-state index contributed by atoms with van der Waals surface area (Å²) in [5.41, 5.74) is 6.67. The van der Waals surface area contributed by atoms with Crippen molar-refractivity contribution in [3.8, 4) is 5.75 Å². The summed E-state index contributed by atoms with van der Waals surface area (Å²) in [4.78, 5) is 28.0. The van der Waals surface area contributed by atoms with Gasteiger partial charge >= 0.3 is 0 Å². The van der Waals surface area contributed by atoms with Crippen LogP contribution in [0.3, 0.4) is 0 Å². The molecule has 6 heteroatoms. The first kappa shape index (κ1) is 15.2. The van der Waals surface area contributed by atoms with Gasteiger partial charge in [-0.1, -0.05) is 6.07 Å². The smallest absolute Gasteiger partial charge is 0.256 e. The number of likely N-dealkylation sites (N-methyl/N-ethyl adjacent to an activating group) is 1. The number of methoxy groups -OCH3 is 1. The van der Waals surface area contributed by atoms with Crippen LogP contribution in [0, 0.1) is 0 Å². The van der Waals surface area contributed by atoms with E-state index in [9.17, 15) is 9.59 Å². The Hall–Kier alpha value is -2.24. The quantitative estimate of drug-likeness (QED) is 0.842. The fourth-order valence-electron chi connectivity index (χ4n) is 2.63. The minimum absolute atomic E-state index is 0.0534. The van der Waals surface area contributed by atoms with Crippen LogP contribution in [-0.4, -0.2) is 55.4 Å². The largest absolute Gasteiger partial charge is 0.495 e. The molecule has 21 heavy (non-hydrogen) atoms. The van der Waals surface area contributed by atoms with Gasteiger partial charge in [0, 0.05) is 20.6 Å². The lowest BCUT2D eigenvalue weighted by Crippen LogP contribution is -2.45. The van der Waals surface area contributed by atoms with E-state index in [-0.39, 0.29) is 11.8 Å². The molecular weight excluding hydrogens is 270 g/mol. The van der Waals surface area contributed by atoms with E-state index >= 15 is 0 Å². The zero-order valence-electron chi connectivity index (χ0n) is 12.6. The first-order valence-electron chi connectivity index (χ1n) is 6.92. The van der Waals surface area contributed by atoms with E-state index in [1.54, 1.807) is 37.2 Å². The van der Waals surface area contributed by atoms with Crippen molar-refractivity contribution in [1.82, 2.24) is 9.80 Å². The number of ether oxygens (including phenoxy) is 1. The van der Waals surface area contributed by atoms with Gasteiger partial charge in [0.25, 0.3) is 5.91 Å². The molecule has 6 nitrogen and oxygen atoms in total. The predicted octanol–water partition coefficient (Wildman–Crippen LogP) is 0.970. The summed E-state index contributed by atoms with van der Waals surface area (Å²) in [6.45, 7) is 0.569. The van der Waals surface area contributed by atoms with Gasteiger partial charge in [0.15, 0.2) is 0 Å². The molecule has 0 spiro atoms. The van der Waals surface area contributed by atoms with E-state index in [4.69, 9.17) is 10.5 Å². The molecule has 2 rings (SSSR count). The SMILES string of the molecule is COc1cccc(C(=O)N2CCCC2C(=O)N(C)C)c1N. The highest BCUT2D eigenvalue weighted by Crippen LogP contribution is 2.28. The molecule has 1 heterocycles. The third-order valence-corrected chi connectivity index (χ3v) is 3.76. The fourth-order valence-corrected chi connectivity index (χ4v) is 2.63. The molecule has 1 saturated heterocycles. The van der Waals surface area contributed by atoms with E-state index in [0.717, 1.165) is 6.42 Å². The second-order valence-electron chi connectivity index (χ2n) is 5.31. The Balaban J connectivity index is 2.29. The van der Waals surface area contributed by atoms with Gasteiger partial charge in [-0.25, -0.2) is 0 Å². The summed E-state index contributed by atoms with van der Waals surface area (Å²) >= 11 is 0. The number of carbonyl (C=O) groups is 2. The van der Waals surface area contributed by atoms with Crippen LogP contribution >= 0.6 is 0 Å². The van der Waals surface area contributed by atoms with Crippen LogP contribution in [0.25, 0.3) is 0 Å². The number of rotatable bonds is 3. The number of nitrogens with zero attached hydrogens (tertiary/aromatic N) is 2. The lowest BCUT2D eigenvalue weighted by Gasteiger charge is -2.26. The van der Waals surface area contributed by atoms with Crippen molar-refractivity contribution in [3.63, 3.8) is 0 Å². The first-order valence-corrected chi connectivity index (χ1v) is 6.92. The molecule has 0 aliphatic carbocycles. The summed E-state index contributed by atoms with van der Waals surface area (Å²) < 4.78 is 5.14. The van der Waals surface area contributed by atoms with Gasteiger partial charge < -0.3 is 20.3 Å². The maximum atomic E-state index is 12.7. The van der Waals surface area contributed by atoms with E-state index in [1.165, 1.54) is 12.0 Å². The standard InChI is InChI=1S/C15H21N3O3/c1-17(2)15(20)11-7-5-9-18(11)14(19)10-6-4-8-12(21-3)13(10)16/h4,6,8,11H,5,7,9,16H2,1-3H3. The highest BCUT2D eigenvalue weighted by Gasteiger charge is 2.36. The molecule has 0 aromatic heterocycles. The average molecular weight is 291 g/mol. The van der Waals surface area contributed by atoms with Crippen molar-refractivity contribution in [3.05, 3.63) is 23.8 Å². The number of amides is 2. The van der Waals surface area contributed by atoms with Gasteiger partial charge in [0.1, 0.15) is 11.8 Å². The Morgan fingerprint density at radius 1 is 1.38 bits per heavy atom. The molecule has 1 unspecified atom stereocenters. The molecule has 114 valence electrons. The third-order valence-electron chi connectivity index (χ3n) is 3.76. The Labute approximate surface area is 124 Å². The zero-order valence-corrected chi connectivity index (χ0v) is 12.6. The summed E-state index contributed by atoms with van der Waals surface area (Å²) in [7, 11) is 4.90. The van der Waals surface area contributed by atoms with Gasteiger partial charge in [-0.2, -0.15) is 0 Å². The van der Waals surface area contributed by atoms with Gasteiger partial charge in [-0.3, -0.25) is 9.59 Å². The molecule has 1 aliphatic heterocycles.